The molecule has 1 aliphatic rings. The lowest BCUT2D eigenvalue weighted by molar-refractivity contribution is -0.154. The molecule has 1 aromatic heterocycles. The predicted octanol–water partition coefficient (Wildman–Crippen LogP) is 3.86. The van der Waals surface area contributed by atoms with Crippen molar-refractivity contribution in [3.05, 3.63) is 58.0 Å². The Labute approximate surface area is 184 Å². The molecule has 160 valence electrons. The Kier molecular flexibility index (Phi) is 7.39. The van der Waals surface area contributed by atoms with E-state index in [2.05, 4.69) is 5.32 Å². The summed E-state index contributed by atoms with van der Waals surface area (Å²) in [6.07, 6.45) is 2.40. The number of hydrogen-bond acceptors (Lipinski definition) is 5. The van der Waals surface area contributed by atoms with Crippen LogP contribution >= 0.6 is 23.2 Å². The number of nitrogens with zero attached hydrogens (tertiary/aromatic N) is 1. The van der Waals surface area contributed by atoms with E-state index < -0.39 is 11.9 Å². The van der Waals surface area contributed by atoms with E-state index in [9.17, 15) is 14.4 Å². The molecule has 1 saturated heterocycles. The zero-order valence-corrected chi connectivity index (χ0v) is 17.9. The Morgan fingerprint density at radius 3 is 2.60 bits per heavy atom. The molecule has 9 heteroatoms. The smallest absolute Gasteiger partial charge is 0.309 e. The van der Waals surface area contributed by atoms with Gasteiger partial charge in [-0.15, -0.1) is 0 Å². The lowest BCUT2D eigenvalue weighted by Gasteiger charge is -2.30. The van der Waals surface area contributed by atoms with Crippen molar-refractivity contribution in [1.29, 1.82) is 0 Å². The van der Waals surface area contributed by atoms with Gasteiger partial charge in [-0.3, -0.25) is 14.4 Å². The van der Waals surface area contributed by atoms with Crippen LogP contribution in [0.4, 0.5) is 0 Å². The van der Waals surface area contributed by atoms with Gasteiger partial charge in [0.05, 0.1) is 18.2 Å². The highest BCUT2D eigenvalue weighted by Gasteiger charge is 2.30. The number of piperidine rings is 1. The van der Waals surface area contributed by atoms with Crippen LogP contribution in [0, 0.1) is 5.92 Å². The summed E-state index contributed by atoms with van der Waals surface area (Å²) in [5, 5.41) is 3.70. The number of ether oxygens (including phenoxy) is 1. The van der Waals surface area contributed by atoms with Crippen molar-refractivity contribution < 1.29 is 23.5 Å². The van der Waals surface area contributed by atoms with Crippen LogP contribution in [0.25, 0.3) is 0 Å². The maximum atomic E-state index is 12.3. The largest absolute Gasteiger partial charge is 0.459 e. The van der Waals surface area contributed by atoms with Crippen molar-refractivity contribution in [3.63, 3.8) is 0 Å². The average molecular weight is 453 g/mol. The first-order valence-corrected chi connectivity index (χ1v) is 10.3. The molecule has 0 bridgehead atoms. The second kappa shape index (κ2) is 10.00. The third-order valence-electron chi connectivity index (χ3n) is 5.00. The molecule has 1 aromatic carbocycles. The predicted molar refractivity (Wildman–Crippen MR) is 111 cm³/mol. The van der Waals surface area contributed by atoms with Gasteiger partial charge in [0, 0.05) is 23.1 Å². The molecule has 0 aliphatic carbocycles. The van der Waals surface area contributed by atoms with Crippen LogP contribution in [0.5, 0.6) is 0 Å². The molecule has 1 atom stereocenters. The number of hydrogen-bond donors (Lipinski definition) is 1. The maximum Gasteiger partial charge on any atom is 0.309 e. The average Bonchev–Trinajstić information content (AvgIpc) is 3.26. The molecular weight excluding hydrogens is 431 g/mol. The van der Waals surface area contributed by atoms with Crippen molar-refractivity contribution in [2.75, 3.05) is 19.7 Å². The second-order valence-corrected chi connectivity index (χ2v) is 7.95. The van der Waals surface area contributed by atoms with Gasteiger partial charge in [-0.05, 0) is 49.6 Å². The fraction of sp³-hybridized carbons (Fsp3) is 0.381. The maximum absolute atomic E-state index is 12.3. The highest BCUT2D eigenvalue weighted by atomic mass is 35.5. The molecule has 0 saturated carbocycles. The zero-order chi connectivity index (χ0) is 21.7. The van der Waals surface area contributed by atoms with Gasteiger partial charge in [-0.25, -0.2) is 0 Å². The number of nitrogens with one attached hydrogen (secondary N) is 1. The van der Waals surface area contributed by atoms with Gasteiger partial charge in [0.1, 0.15) is 0 Å². The summed E-state index contributed by atoms with van der Waals surface area (Å²) in [7, 11) is 0. The van der Waals surface area contributed by atoms with E-state index in [1.807, 2.05) is 0 Å². The van der Waals surface area contributed by atoms with E-state index in [1.54, 1.807) is 42.2 Å². The quantitative estimate of drug-likeness (QED) is 0.672. The Balaban J connectivity index is 1.42. The van der Waals surface area contributed by atoms with Crippen LogP contribution in [0.1, 0.15) is 41.9 Å². The third kappa shape index (κ3) is 5.55. The van der Waals surface area contributed by atoms with Crippen LogP contribution in [0.3, 0.4) is 0 Å². The fourth-order valence-electron chi connectivity index (χ4n) is 3.34. The van der Waals surface area contributed by atoms with Crippen LogP contribution in [0.15, 0.2) is 41.0 Å². The topological polar surface area (TPSA) is 88.9 Å². The van der Waals surface area contributed by atoms with Crippen LogP contribution in [0.2, 0.25) is 10.0 Å². The Morgan fingerprint density at radius 1 is 1.23 bits per heavy atom. The number of esters is 1. The van der Waals surface area contributed by atoms with Crippen LogP contribution < -0.4 is 5.32 Å². The third-order valence-corrected chi connectivity index (χ3v) is 5.56. The van der Waals surface area contributed by atoms with Crippen molar-refractivity contribution in [2.24, 2.45) is 5.92 Å². The SMILES string of the molecule is CC(NC(=O)COC(=O)C1CCN(C(=O)c2ccco2)CC1)c1ccc(Cl)cc1Cl. The molecule has 7 nitrogen and oxygen atoms in total. The lowest BCUT2D eigenvalue weighted by Crippen LogP contribution is -2.41. The van der Waals surface area contributed by atoms with Gasteiger partial charge >= 0.3 is 5.97 Å². The molecule has 0 radical (unpaired) electrons. The minimum absolute atomic E-state index is 0.193. The number of carbonyl (C=O) groups excluding carboxylic acids is 3. The number of halogens is 2. The number of benzene rings is 1. The number of likely N-dealkylation sites (tertiary alicyclic amines) is 1. The zero-order valence-electron chi connectivity index (χ0n) is 16.4. The number of rotatable bonds is 6. The van der Waals surface area contributed by atoms with Crippen molar-refractivity contribution in [3.8, 4) is 0 Å². The molecule has 2 aromatic rings. The Morgan fingerprint density at radius 2 is 1.97 bits per heavy atom. The normalized spacial score (nSPS) is 15.5. The minimum Gasteiger partial charge on any atom is -0.459 e. The summed E-state index contributed by atoms with van der Waals surface area (Å²) in [4.78, 5) is 38.3. The summed E-state index contributed by atoms with van der Waals surface area (Å²) < 4.78 is 10.3. The van der Waals surface area contributed by atoms with E-state index in [4.69, 9.17) is 32.4 Å². The minimum atomic E-state index is -0.438. The Bertz CT molecular complexity index is 908. The van der Waals surface area contributed by atoms with E-state index >= 15 is 0 Å². The molecule has 1 aliphatic heterocycles. The summed E-state index contributed by atoms with van der Waals surface area (Å²) in [5.74, 6) is -1.12. The first-order valence-electron chi connectivity index (χ1n) is 9.59. The lowest BCUT2D eigenvalue weighted by atomic mass is 9.97. The second-order valence-electron chi connectivity index (χ2n) is 7.11. The van der Waals surface area contributed by atoms with E-state index in [0.717, 1.165) is 0 Å². The molecule has 0 spiro atoms. The van der Waals surface area contributed by atoms with Crippen molar-refractivity contribution in [2.45, 2.75) is 25.8 Å². The molecule has 2 heterocycles. The van der Waals surface area contributed by atoms with E-state index in [0.29, 0.717) is 41.5 Å². The Hall–Kier alpha value is -2.51. The number of carbonyl (C=O) groups is 3. The highest BCUT2D eigenvalue weighted by molar-refractivity contribution is 6.35. The van der Waals surface area contributed by atoms with Gasteiger partial charge in [0.25, 0.3) is 11.8 Å². The monoisotopic (exact) mass is 452 g/mol. The van der Waals surface area contributed by atoms with Gasteiger partial charge in [-0.1, -0.05) is 29.3 Å². The standard InChI is InChI=1S/C21H22Cl2N2O5/c1-13(16-5-4-15(22)11-17(16)23)24-19(26)12-30-21(28)14-6-8-25(9-7-14)20(27)18-3-2-10-29-18/h2-5,10-11,13-14H,6-9,12H2,1H3,(H,24,26). The number of furan rings is 1. The van der Waals surface area contributed by atoms with Crippen molar-refractivity contribution in [1.82, 2.24) is 10.2 Å². The molecule has 1 fully saturated rings. The molecule has 3 rings (SSSR count). The molecule has 2 amide bonds. The van der Waals surface area contributed by atoms with Gasteiger partial charge < -0.3 is 19.4 Å². The molecule has 1 N–H and O–H groups in total. The van der Waals surface area contributed by atoms with Gasteiger partial charge in [0.15, 0.2) is 12.4 Å². The molecular formula is C21H22Cl2N2O5. The first kappa shape index (κ1) is 22.2. The summed E-state index contributed by atoms with van der Waals surface area (Å²) in [6.45, 7) is 2.26. The van der Waals surface area contributed by atoms with Crippen LogP contribution in [-0.4, -0.2) is 42.4 Å². The van der Waals surface area contributed by atoms with Gasteiger partial charge in [0.2, 0.25) is 0 Å². The number of amides is 2. The fourth-order valence-corrected chi connectivity index (χ4v) is 3.91. The van der Waals surface area contributed by atoms with Crippen LogP contribution in [-0.2, 0) is 14.3 Å². The summed E-state index contributed by atoms with van der Waals surface area (Å²) >= 11 is 12.0. The summed E-state index contributed by atoms with van der Waals surface area (Å²) in [5.41, 5.74) is 0.717. The molecule has 1 unspecified atom stereocenters. The highest BCUT2D eigenvalue weighted by Crippen LogP contribution is 2.26. The van der Waals surface area contributed by atoms with Crippen molar-refractivity contribution >= 4 is 41.0 Å². The van der Waals surface area contributed by atoms with Gasteiger partial charge in [-0.2, -0.15) is 0 Å². The van der Waals surface area contributed by atoms with E-state index in [-0.39, 0.29) is 30.2 Å². The van der Waals surface area contributed by atoms with E-state index in [1.165, 1.54) is 6.26 Å². The molecule has 30 heavy (non-hydrogen) atoms. The summed E-state index contributed by atoms with van der Waals surface area (Å²) in [6, 6.07) is 7.93. The first-order chi connectivity index (χ1) is 14.3.